The number of aryl methyl sites for hydroxylation is 1. The van der Waals surface area contributed by atoms with E-state index in [4.69, 9.17) is 4.74 Å². The molecular formula is C15H22N4OS. The summed E-state index contributed by atoms with van der Waals surface area (Å²) in [4.78, 5) is 0. The number of methoxy groups -OCH3 is 1. The molecule has 114 valence electrons. The predicted molar refractivity (Wildman–Crippen MR) is 85.8 cm³/mol. The van der Waals surface area contributed by atoms with E-state index in [1.165, 1.54) is 5.56 Å². The van der Waals surface area contributed by atoms with Crippen molar-refractivity contribution in [3.05, 3.63) is 36.2 Å². The van der Waals surface area contributed by atoms with Gasteiger partial charge in [-0.1, -0.05) is 36.9 Å². The highest BCUT2D eigenvalue weighted by Gasteiger charge is 2.16. The molecule has 1 unspecified atom stereocenters. The summed E-state index contributed by atoms with van der Waals surface area (Å²) in [7, 11) is 3.67. The van der Waals surface area contributed by atoms with Crippen molar-refractivity contribution in [3.63, 3.8) is 0 Å². The van der Waals surface area contributed by atoms with Crippen molar-refractivity contribution >= 4 is 11.8 Å². The van der Waals surface area contributed by atoms with Gasteiger partial charge in [0.25, 0.3) is 0 Å². The molecule has 0 fully saturated rings. The van der Waals surface area contributed by atoms with Gasteiger partial charge in [0.1, 0.15) is 12.1 Å². The van der Waals surface area contributed by atoms with E-state index in [-0.39, 0.29) is 6.04 Å². The Morgan fingerprint density at radius 1 is 1.38 bits per heavy atom. The van der Waals surface area contributed by atoms with Crippen molar-refractivity contribution in [2.24, 2.45) is 7.05 Å². The summed E-state index contributed by atoms with van der Waals surface area (Å²) in [6.45, 7) is 3.14. The van der Waals surface area contributed by atoms with Gasteiger partial charge in [-0.2, -0.15) is 0 Å². The van der Waals surface area contributed by atoms with Gasteiger partial charge >= 0.3 is 0 Å². The van der Waals surface area contributed by atoms with E-state index < -0.39 is 0 Å². The zero-order chi connectivity index (χ0) is 15.1. The van der Waals surface area contributed by atoms with E-state index in [2.05, 4.69) is 28.5 Å². The lowest BCUT2D eigenvalue weighted by Gasteiger charge is -2.20. The predicted octanol–water partition coefficient (Wildman–Crippen LogP) is 2.66. The van der Waals surface area contributed by atoms with Gasteiger partial charge in [0.15, 0.2) is 5.16 Å². The topological polar surface area (TPSA) is 52.0 Å². The van der Waals surface area contributed by atoms with Crippen molar-refractivity contribution in [3.8, 4) is 5.75 Å². The first-order valence-corrected chi connectivity index (χ1v) is 8.08. The van der Waals surface area contributed by atoms with Crippen LogP contribution < -0.4 is 10.1 Å². The molecule has 0 saturated heterocycles. The number of hydrogen-bond donors (Lipinski definition) is 1. The molecule has 1 heterocycles. The Kier molecular flexibility index (Phi) is 6.07. The van der Waals surface area contributed by atoms with Crippen LogP contribution in [0.3, 0.4) is 0 Å². The maximum Gasteiger partial charge on any atom is 0.190 e. The molecule has 0 radical (unpaired) electrons. The lowest BCUT2D eigenvalue weighted by atomic mass is 10.1. The third-order valence-electron chi connectivity index (χ3n) is 3.20. The SMILES string of the molecule is CCCNC(CSc1nncn1C)c1ccccc1OC. The van der Waals surface area contributed by atoms with E-state index in [0.717, 1.165) is 29.6 Å². The molecule has 1 atom stereocenters. The normalized spacial score (nSPS) is 12.3. The smallest absolute Gasteiger partial charge is 0.190 e. The van der Waals surface area contributed by atoms with Crippen LogP contribution in [0, 0.1) is 0 Å². The average molecular weight is 306 g/mol. The quantitative estimate of drug-likeness (QED) is 0.760. The molecule has 6 heteroatoms. The fraction of sp³-hybridized carbons (Fsp3) is 0.467. The highest BCUT2D eigenvalue weighted by atomic mass is 32.2. The highest BCUT2D eigenvalue weighted by molar-refractivity contribution is 7.99. The molecule has 1 aromatic carbocycles. The maximum absolute atomic E-state index is 5.48. The van der Waals surface area contributed by atoms with E-state index in [1.54, 1.807) is 25.2 Å². The molecule has 1 N–H and O–H groups in total. The first kappa shape index (κ1) is 15.9. The number of nitrogens with one attached hydrogen (secondary N) is 1. The van der Waals surface area contributed by atoms with Crippen LogP contribution in [0.5, 0.6) is 5.75 Å². The van der Waals surface area contributed by atoms with Crippen LogP contribution in [0.4, 0.5) is 0 Å². The monoisotopic (exact) mass is 306 g/mol. The minimum absolute atomic E-state index is 0.225. The number of ether oxygens (including phenoxy) is 1. The molecule has 21 heavy (non-hydrogen) atoms. The maximum atomic E-state index is 5.48. The van der Waals surface area contributed by atoms with Gasteiger partial charge in [-0.3, -0.25) is 0 Å². The Morgan fingerprint density at radius 3 is 2.86 bits per heavy atom. The average Bonchev–Trinajstić information content (AvgIpc) is 2.93. The number of hydrogen-bond acceptors (Lipinski definition) is 5. The first-order chi connectivity index (χ1) is 10.3. The van der Waals surface area contributed by atoms with Crippen LogP contribution in [-0.2, 0) is 7.05 Å². The second-order valence-corrected chi connectivity index (χ2v) is 5.77. The molecule has 0 bridgehead atoms. The van der Waals surface area contributed by atoms with E-state index in [1.807, 2.05) is 29.8 Å². The fourth-order valence-electron chi connectivity index (χ4n) is 2.09. The molecule has 1 aromatic heterocycles. The summed E-state index contributed by atoms with van der Waals surface area (Å²) in [5, 5.41) is 12.5. The number of thioether (sulfide) groups is 1. The van der Waals surface area contributed by atoms with Crippen LogP contribution in [0.2, 0.25) is 0 Å². The summed E-state index contributed by atoms with van der Waals surface area (Å²) in [6.07, 6.45) is 2.82. The van der Waals surface area contributed by atoms with Crippen LogP contribution >= 0.6 is 11.8 Å². The zero-order valence-corrected chi connectivity index (χ0v) is 13.6. The molecule has 2 aromatic rings. The number of nitrogens with zero attached hydrogens (tertiary/aromatic N) is 3. The Labute approximate surface area is 130 Å². The molecule has 0 saturated carbocycles. The molecule has 2 rings (SSSR count). The van der Waals surface area contributed by atoms with Crippen LogP contribution in [-0.4, -0.2) is 34.2 Å². The Hall–Kier alpha value is -1.53. The van der Waals surface area contributed by atoms with Gasteiger partial charge in [0, 0.05) is 24.4 Å². The Balaban J connectivity index is 2.12. The number of aromatic nitrogens is 3. The largest absolute Gasteiger partial charge is 0.496 e. The molecule has 0 amide bonds. The Morgan fingerprint density at radius 2 is 2.19 bits per heavy atom. The first-order valence-electron chi connectivity index (χ1n) is 7.09. The standard InChI is InChI=1S/C15H22N4OS/c1-4-9-16-13(10-21-15-18-17-11-19(15)2)12-7-5-6-8-14(12)20-3/h5-8,11,13,16H,4,9-10H2,1-3H3. The minimum Gasteiger partial charge on any atom is -0.496 e. The van der Waals surface area contributed by atoms with Crippen molar-refractivity contribution in [1.82, 2.24) is 20.1 Å². The van der Waals surface area contributed by atoms with Gasteiger partial charge in [-0.05, 0) is 19.0 Å². The van der Waals surface area contributed by atoms with Gasteiger partial charge in [0.05, 0.1) is 7.11 Å². The second kappa shape index (κ2) is 8.05. The van der Waals surface area contributed by atoms with E-state index >= 15 is 0 Å². The third kappa shape index (κ3) is 4.22. The summed E-state index contributed by atoms with van der Waals surface area (Å²) in [5.41, 5.74) is 1.18. The van der Waals surface area contributed by atoms with Gasteiger partial charge in [-0.25, -0.2) is 0 Å². The number of benzene rings is 1. The molecule has 0 aliphatic heterocycles. The summed E-state index contributed by atoms with van der Waals surface area (Å²) in [6, 6.07) is 8.38. The zero-order valence-electron chi connectivity index (χ0n) is 12.7. The van der Waals surface area contributed by atoms with E-state index in [9.17, 15) is 0 Å². The molecule has 0 spiro atoms. The molecule has 0 aliphatic rings. The van der Waals surface area contributed by atoms with Crippen LogP contribution in [0.25, 0.3) is 0 Å². The van der Waals surface area contributed by atoms with Crippen molar-refractivity contribution in [2.75, 3.05) is 19.4 Å². The number of rotatable bonds is 8. The van der Waals surface area contributed by atoms with Crippen molar-refractivity contribution in [1.29, 1.82) is 0 Å². The van der Waals surface area contributed by atoms with E-state index in [0.29, 0.717) is 0 Å². The third-order valence-corrected chi connectivity index (χ3v) is 4.33. The highest BCUT2D eigenvalue weighted by Crippen LogP contribution is 2.29. The minimum atomic E-state index is 0.225. The summed E-state index contributed by atoms with van der Waals surface area (Å²) in [5.74, 6) is 1.80. The lowest BCUT2D eigenvalue weighted by molar-refractivity contribution is 0.402. The van der Waals surface area contributed by atoms with Crippen LogP contribution in [0.15, 0.2) is 35.7 Å². The second-order valence-electron chi connectivity index (χ2n) is 4.78. The van der Waals surface area contributed by atoms with Crippen molar-refractivity contribution < 1.29 is 4.74 Å². The fourth-order valence-corrected chi connectivity index (χ4v) is 3.06. The molecular weight excluding hydrogens is 284 g/mol. The molecule has 0 aliphatic carbocycles. The molecule has 5 nitrogen and oxygen atoms in total. The van der Waals surface area contributed by atoms with Gasteiger partial charge < -0.3 is 14.6 Å². The van der Waals surface area contributed by atoms with Gasteiger partial charge in [0.2, 0.25) is 0 Å². The summed E-state index contributed by atoms with van der Waals surface area (Å²) >= 11 is 1.70. The van der Waals surface area contributed by atoms with Crippen molar-refractivity contribution in [2.45, 2.75) is 24.5 Å². The van der Waals surface area contributed by atoms with Crippen LogP contribution in [0.1, 0.15) is 24.9 Å². The summed E-state index contributed by atoms with van der Waals surface area (Å²) < 4.78 is 7.42. The Bertz CT molecular complexity index is 558. The number of para-hydroxylation sites is 1. The lowest BCUT2D eigenvalue weighted by Crippen LogP contribution is -2.24. The van der Waals surface area contributed by atoms with Gasteiger partial charge in [-0.15, -0.1) is 10.2 Å².